The second-order valence-corrected chi connectivity index (χ2v) is 12.9. The number of ether oxygens (including phenoxy) is 2. The summed E-state index contributed by atoms with van der Waals surface area (Å²) < 4.78 is 33.2. The minimum absolute atomic E-state index is 0.0335. The lowest BCUT2D eigenvalue weighted by molar-refractivity contribution is -0.870. The minimum atomic E-state index is -4.33. The maximum absolute atomic E-state index is 12.3. The van der Waals surface area contributed by atoms with E-state index in [4.69, 9.17) is 18.5 Å². The number of hydrogen-bond donors (Lipinski definition) is 1. The second-order valence-electron chi connectivity index (χ2n) is 11.5. The van der Waals surface area contributed by atoms with Crippen LogP contribution in [0.1, 0.15) is 123 Å². The van der Waals surface area contributed by atoms with Crippen LogP contribution in [0.25, 0.3) is 0 Å². The van der Waals surface area contributed by atoms with Gasteiger partial charge in [0.1, 0.15) is 19.8 Å². The first-order chi connectivity index (χ1) is 18.5. The molecule has 39 heavy (non-hydrogen) atoms. The summed E-state index contributed by atoms with van der Waals surface area (Å²) in [4.78, 5) is 33.8. The summed E-state index contributed by atoms with van der Waals surface area (Å²) >= 11 is 0. The van der Waals surface area contributed by atoms with Gasteiger partial charge in [-0.15, -0.1) is 0 Å². The molecule has 0 spiro atoms. The van der Waals surface area contributed by atoms with E-state index in [1.807, 2.05) is 21.1 Å². The Bertz CT molecular complexity index is 668. The van der Waals surface area contributed by atoms with Gasteiger partial charge in [0.05, 0.1) is 27.7 Å². The average Bonchev–Trinajstić information content (AvgIpc) is 2.86. The number of carbonyl (C=O) groups is 2. The van der Waals surface area contributed by atoms with Crippen molar-refractivity contribution in [2.75, 3.05) is 47.5 Å². The number of phosphoric ester groups is 1. The normalized spacial score (nSPS) is 14.1. The van der Waals surface area contributed by atoms with Crippen LogP contribution in [0.4, 0.5) is 0 Å². The summed E-state index contributed by atoms with van der Waals surface area (Å²) in [5.41, 5.74) is 0. The molecule has 0 aromatic carbocycles. The molecular weight excluding hydrogens is 521 g/mol. The predicted molar refractivity (Wildman–Crippen MR) is 155 cm³/mol. The van der Waals surface area contributed by atoms with Crippen LogP contribution in [0.3, 0.4) is 0 Å². The number of rotatable bonds is 27. The summed E-state index contributed by atoms with van der Waals surface area (Å²) in [6, 6.07) is 0. The molecule has 1 N–H and O–H groups in total. The Labute approximate surface area is 238 Å². The second kappa shape index (κ2) is 23.7. The van der Waals surface area contributed by atoms with Crippen LogP contribution < -0.4 is 0 Å². The maximum Gasteiger partial charge on any atom is 0.472 e. The number of carbonyl (C=O) groups excluding carboxylic acids is 2. The van der Waals surface area contributed by atoms with Gasteiger partial charge in [0, 0.05) is 12.8 Å². The van der Waals surface area contributed by atoms with Gasteiger partial charge in [-0.05, 0) is 6.42 Å². The van der Waals surface area contributed by atoms with Gasteiger partial charge in [-0.3, -0.25) is 18.6 Å². The van der Waals surface area contributed by atoms with Crippen molar-refractivity contribution in [1.29, 1.82) is 0 Å². The third-order valence-electron chi connectivity index (χ3n) is 6.44. The van der Waals surface area contributed by atoms with Crippen molar-refractivity contribution in [2.45, 2.75) is 129 Å². The van der Waals surface area contributed by atoms with Gasteiger partial charge in [0.15, 0.2) is 6.10 Å². The lowest BCUT2D eigenvalue weighted by Gasteiger charge is -2.24. The Balaban J connectivity index is 4.08. The number of unbranched alkanes of at least 4 members (excludes halogenated alkanes) is 14. The van der Waals surface area contributed by atoms with Crippen molar-refractivity contribution in [2.24, 2.45) is 0 Å². The Morgan fingerprint density at radius 2 is 1.21 bits per heavy atom. The highest BCUT2D eigenvalue weighted by Gasteiger charge is 2.26. The predicted octanol–water partition coefficient (Wildman–Crippen LogP) is 6.95. The molecular formula is C29H59NO8P+. The fraction of sp³-hybridized carbons (Fsp3) is 0.931. The van der Waals surface area contributed by atoms with Crippen LogP contribution in [-0.2, 0) is 32.7 Å². The van der Waals surface area contributed by atoms with Gasteiger partial charge in [0.2, 0.25) is 0 Å². The highest BCUT2D eigenvalue weighted by Crippen LogP contribution is 2.43. The Hall–Kier alpha value is -0.990. The van der Waals surface area contributed by atoms with Crippen LogP contribution in [0.5, 0.6) is 0 Å². The first kappa shape index (κ1) is 38.0. The lowest BCUT2D eigenvalue weighted by atomic mass is 10.0. The molecule has 0 amide bonds. The van der Waals surface area contributed by atoms with E-state index >= 15 is 0 Å². The van der Waals surface area contributed by atoms with Crippen LogP contribution in [0.15, 0.2) is 0 Å². The highest BCUT2D eigenvalue weighted by molar-refractivity contribution is 7.47. The first-order valence-electron chi connectivity index (χ1n) is 15.3. The fourth-order valence-electron chi connectivity index (χ4n) is 3.93. The zero-order valence-electron chi connectivity index (χ0n) is 25.6. The van der Waals surface area contributed by atoms with E-state index in [-0.39, 0.29) is 26.1 Å². The van der Waals surface area contributed by atoms with Crippen molar-refractivity contribution in [3.8, 4) is 0 Å². The molecule has 0 saturated carbocycles. The highest BCUT2D eigenvalue weighted by atomic mass is 31.2. The summed E-state index contributed by atoms with van der Waals surface area (Å²) in [6.07, 6.45) is 18.1. The monoisotopic (exact) mass is 580 g/mol. The van der Waals surface area contributed by atoms with Crippen LogP contribution in [0, 0.1) is 0 Å². The molecule has 232 valence electrons. The van der Waals surface area contributed by atoms with Gasteiger partial charge >= 0.3 is 19.8 Å². The van der Waals surface area contributed by atoms with Crippen LogP contribution in [-0.4, -0.2) is 74.9 Å². The fourth-order valence-corrected chi connectivity index (χ4v) is 4.68. The van der Waals surface area contributed by atoms with E-state index in [0.717, 1.165) is 12.8 Å². The van der Waals surface area contributed by atoms with Gasteiger partial charge in [-0.2, -0.15) is 0 Å². The van der Waals surface area contributed by atoms with Crippen LogP contribution >= 0.6 is 7.82 Å². The average molecular weight is 581 g/mol. The third kappa shape index (κ3) is 27.0. The molecule has 0 heterocycles. The number of likely N-dealkylation sites (N-methyl/N-ethyl adjacent to an activating group) is 1. The van der Waals surface area contributed by atoms with Crippen molar-refractivity contribution < 1.29 is 42.1 Å². The Morgan fingerprint density at radius 1 is 0.718 bits per heavy atom. The number of hydrogen-bond acceptors (Lipinski definition) is 7. The molecule has 0 radical (unpaired) electrons. The maximum atomic E-state index is 12.3. The van der Waals surface area contributed by atoms with Crippen molar-refractivity contribution in [3.05, 3.63) is 0 Å². The molecule has 1 unspecified atom stereocenters. The summed E-state index contributed by atoms with van der Waals surface area (Å²) in [7, 11) is 1.47. The summed E-state index contributed by atoms with van der Waals surface area (Å²) in [5, 5.41) is 0. The lowest BCUT2D eigenvalue weighted by Crippen LogP contribution is -2.37. The molecule has 0 aliphatic heterocycles. The first-order valence-corrected chi connectivity index (χ1v) is 16.8. The third-order valence-corrected chi connectivity index (χ3v) is 7.43. The summed E-state index contributed by atoms with van der Waals surface area (Å²) in [6.45, 7) is 3.81. The summed E-state index contributed by atoms with van der Waals surface area (Å²) in [5.74, 6) is -0.894. The molecule has 0 aromatic heterocycles. The number of nitrogens with zero attached hydrogens (tertiary/aromatic N) is 1. The zero-order chi connectivity index (χ0) is 29.4. The molecule has 0 aromatic rings. The van der Waals surface area contributed by atoms with E-state index in [2.05, 4.69) is 6.92 Å². The van der Waals surface area contributed by atoms with Crippen molar-refractivity contribution >= 4 is 19.8 Å². The van der Waals surface area contributed by atoms with E-state index < -0.39 is 32.5 Å². The Kier molecular flexibility index (Phi) is 23.1. The van der Waals surface area contributed by atoms with Gasteiger partial charge < -0.3 is 18.9 Å². The van der Waals surface area contributed by atoms with E-state index in [1.54, 1.807) is 6.92 Å². The van der Waals surface area contributed by atoms with Crippen LogP contribution in [0.2, 0.25) is 0 Å². The molecule has 0 saturated heterocycles. The van der Waals surface area contributed by atoms with E-state index in [1.165, 1.54) is 77.0 Å². The molecule has 0 bridgehead atoms. The molecule has 0 aliphatic rings. The number of quaternary nitrogens is 1. The standard InChI is InChI=1S/C29H58NO8P/c1-6-8-9-10-11-12-13-14-15-16-17-18-19-20-21-22-29(32)38-27(25-35-28(31)7-2)26-37-39(33,34)36-24-23-30(3,4)5/h27H,6-26H2,1-5H3/p+1/t27-/m1/s1. The van der Waals surface area contributed by atoms with Crippen molar-refractivity contribution in [3.63, 3.8) is 0 Å². The van der Waals surface area contributed by atoms with Gasteiger partial charge in [-0.1, -0.05) is 104 Å². The molecule has 0 rings (SSSR count). The largest absolute Gasteiger partial charge is 0.472 e. The minimum Gasteiger partial charge on any atom is -0.462 e. The molecule has 10 heteroatoms. The number of esters is 2. The molecule has 0 aliphatic carbocycles. The van der Waals surface area contributed by atoms with Gasteiger partial charge in [-0.25, -0.2) is 4.57 Å². The molecule has 0 fully saturated rings. The topological polar surface area (TPSA) is 108 Å². The molecule has 9 nitrogen and oxygen atoms in total. The van der Waals surface area contributed by atoms with E-state index in [9.17, 15) is 19.0 Å². The van der Waals surface area contributed by atoms with E-state index in [0.29, 0.717) is 17.4 Å². The smallest absolute Gasteiger partial charge is 0.462 e. The van der Waals surface area contributed by atoms with Gasteiger partial charge in [0.25, 0.3) is 0 Å². The SMILES string of the molecule is CCCCCCCCCCCCCCCCCC(=O)O[C@H](COC(=O)CC)COP(=O)(O)OCC[N+](C)(C)C. The van der Waals surface area contributed by atoms with Crippen molar-refractivity contribution in [1.82, 2.24) is 0 Å². The number of phosphoric acid groups is 1. The zero-order valence-corrected chi connectivity index (χ0v) is 26.5. The quantitative estimate of drug-likeness (QED) is 0.0481. The molecule has 2 atom stereocenters. The Morgan fingerprint density at radius 3 is 1.67 bits per heavy atom.